The monoisotopic (exact) mass is 477 g/mol. The van der Waals surface area contributed by atoms with E-state index in [9.17, 15) is 0 Å². The molecule has 178 valence electrons. The third-order valence-electron chi connectivity index (χ3n) is 8.11. The lowest BCUT2D eigenvalue weighted by Crippen LogP contribution is -2.21. The van der Waals surface area contributed by atoms with Crippen molar-refractivity contribution in [2.24, 2.45) is 0 Å². The molecule has 0 atom stereocenters. The molecular weight excluding hydrogens is 450 g/mol. The summed E-state index contributed by atoms with van der Waals surface area (Å²) in [5.74, 6) is 1.13. The zero-order valence-electron chi connectivity index (χ0n) is 20.8. The van der Waals surface area contributed by atoms with Gasteiger partial charge in [0.1, 0.15) is 5.82 Å². The van der Waals surface area contributed by atoms with E-state index in [0.29, 0.717) is 0 Å². The summed E-state index contributed by atoms with van der Waals surface area (Å²) in [4.78, 5) is 0. The van der Waals surface area contributed by atoms with E-state index in [0.717, 1.165) is 25.2 Å². The van der Waals surface area contributed by atoms with Crippen molar-refractivity contribution in [2.75, 3.05) is 6.54 Å². The second kappa shape index (κ2) is 7.75. The van der Waals surface area contributed by atoms with E-state index >= 15 is 0 Å². The van der Waals surface area contributed by atoms with Gasteiger partial charge in [-0.05, 0) is 67.3 Å². The molecule has 0 bridgehead atoms. The minimum atomic E-state index is 0.869. The van der Waals surface area contributed by atoms with Gasteiger partial charge in [0.15, 0.2) is 0 Å². The average Bonchev–Trinajstić information content (AvgIpc) is 3.45. The quantitative estimate of drug-likeness (QED) is 0.269. The molecule has 0 saturated carbocycles. The standard InChI is InChI=1S/C34H27N3/c1-22-15-18-33(35-21-22)37-30-14-8-7-13-26(30)28-19-29-27-17-16-23-9-5-6-12-25(23)34(27)36(31(29)20-32(28)37)24-10-3-2-4-11-24/h2-15,18-20,35H,16-17,21H2,1H3. The molecule has 8 rings (SSSR count). The van der Waals surface area contributed by atoms with E-state index in [1.54, 1.807) is 0 Å². The van der Waals surface area contributed by atoms with Crippen molar-refractivity contribution in [3.8, 4) is 16.9 Å². The highest BCUT2D eigenvalue weighted by atomic mass is 15.1. The summed E-state index contributed by atoms with van der Waals surface area (Å²) in [6.07, 6.45) is 6.59. The summed E-state index contributed by atoms with van der Waals surface area (Å²) in [6, 6.07) is 33.5. The Labute approximate surface area is 216 Å². The molecule has 0 amide bonds. The number of fused-ring (bicyclic) bond motifs is 8. The van der Waals surface area contributed by atoms with E-state index in [-0.39, 0.29) is 0 Å². The van der Waals surface area contributed by atoms with Gasteiger partial charge in [0, 0.05) is 34.0 Å². The lowest BCUT2D eigenvalue weighted by atomic mass is 9.89. The zero-order valence-corrected chi connectivity index (χ0v) is 20.8. The van der Waals surface area contributed by atoms with Crippen LogP contribution in [0.3, 0.4) is 0 Å². The van der Waals surface area contributed by atoms with Crippen molar-refractivity contribution in [3.05, 3.63) is 120 Å². The molecule has 0 fully saturated rings. The molecule has 0 spiro atoms. The van der Waals surface area contributed by atoms with Crippen molar-refractivity contribution in [1.82, 2.24) is 14.5 Å². The van der Waals surface area contributed by atoms with Crippen LogP contribution in [0.4, 0.5) is 0 Å². The van der Waals surface area contributed by atoms with Crippen LogP contribution in [0.2, 0.25) is 0 Å². The molecular formula is C34H27N3. The van der Waals surface area contributed by atoms with Gasteiger partial charge < -0.3 is 9.88 Å². The van der Waals surface area contributed by atoms with Gasteiger partial charge in [-0.2, -0.15) is 0 Å². The number of nitrogens with one attached hydrogen (secondary N) is 1. The predicted octanol–water partition coefficient (Wildman–Crippen LogP) is 7.85. The average molecular weight is 478 g/mol. The number of rotatable bonds is 2. The molecule has 1 N–H and O–H groups in total. The van der Waals surface area contributed by atoms with Crippen molar-refractivity contribution in [2.45, 2.75) is 19.8 Å². The number of nitrogens with zero attached hydrogens (tertiary/aromatic N) is 2. The topological polar surface area (TPSA) is 21.9 Å². The molecule has 1 aliphatic heterocycles. The molecule has 0 unspecified atom stereocenters. The molecule has 4 aromatic carbocycles. The van der Waals surface area contributed by atoms with Crippen molar-refractivity contribution >= 4 is 38.5 Å². The van der Waals surface area contributed by atoms with Crippen LogP contribution in [0.5, 0.6) is 0 Å². The van der Waals surface area contributed by atoms with Crippen molar-refractivity contribution < 1.29 is 0 Å². The SMILES string of the molecule is CC1=CC=C(n2c3ccccc3c3cc4c5c(n(-c6ccccc6)c4cc32)-c2ccccc2CC5)NC1. The van der Waals surface area contributed by atoms with Gasteiger partial charge in [-0.15, -0.1) is 0 Å². The fourth-order valence-electron chi connectivity index (χ4n) is 6.41. The van der Waals surface area contributed by atoms with Gasteiger partial charge in [-0.3, -0.25) is 4.57 Å². The molecule has 6 aromatic rings. The molecule has 0 saturated heterocycles. The van der Waals surface area contributed by atoms with Crippen LogP contribution < -0.4 is 5.32 Å². The third kappa shape index (κ3) is 2.94. The Balaban J connectivity index is 1.54. The third-order valence-corrected chi connectivity index (χ3v) is 8.11. The largest absolute Gasteiger partial charge is 0.367 e. The zero-order chi connectivity index (χ0) is 24.5. The molecule has 37 heavy (non-hydrogen) atoms. The molecule has 2 aliphatic rings. The van der Waals surface area contributed by atoms with Gasteiger partial charge in [0.05, 0.1) is 22.2 Å². The Morgan fingerprint density at radius 2 is 1.43 bits per heavy atom. The fourth-order valence-corrected chi connectivity index (χ4v) is 6.41. The number of hydrogen-bond donors (Lipinski definition) is 1. The Morgan fingerprint density at radius 3 is 2.30 bits per heavy atom. The van der Waals surface area contributed by atoms with E-state index in [1.807, 2.05) is 0 Å². The summed E-state index contributed by atoms with van der Waals surface area (Å²) in [6.45, 7) is 3.04. The van der Waals surface area contributed by atoms with E-state index in [1.165, 1.54) is 66.4 Å². The van der Waals surface area contributed by atoms with Gasteiger partial charge in [0.25, 0.3) is 0 Å². The number of aromatic nitrogens is 2. The summed E-state index contributed by atoms with van der Waals surface area (Å²) in [5.41, 5.74) is 11.9. The number of aryl methyl sites for hydroxylation is 2. The molecule has 3 heterocycles. The summed E-state index contributed by atoms with van der Waals surface area (Å²) in [7, 11) is 0. The maximum absolute atomic E-state index is 3.66. The molecule has 3 heteroatoms. The normalized spacial score (nSPS) is 14.8. The Kier molecular flexibility index (Phi) is 4.33. The molecule has 1 aliphatic carbocycles. The highest BCUT2D eigenvalue weighted by Gasteiger charge is 2.26. The summed E-state index contributed by atoms with van der Waals surface area (Å²) >= 11 is 0. The lowest BCUT2D eigenvalue weighted by molar-refractivity contribution is 0.885. The van der Waals surface area contributed by atoms with Crippen LogP contribution in [0.15, 0.2) is 109 Å². The number of hydrogen-bond acceptors (Lipinski definition) is 1. The second-order valence-corrected chi connectivity index (χ2v) is 10.3. The number of allylic oxidation sites excluding steroid dienone is 2. The first-order valence-corrected chi connectivity index (χ1v) is 13.1. The minimum Gasteiger partial charge on any atom is -0.367 e. The minimum absolute atomic E-state index is 0.869. The highest BCUT2D eigenvalue weighted by Crippen LogP contribution is 2.44. The van der Waals surface area contributed by atoms with Gasteiger partial charge in [-0.25, -0.2) is 0 Å². The fraction of sp³-hybridized carbons (Fsp3) is 0.118. The van der Waals surface area contributed by atoms with Crippen LogP contribution in [0, 0.1) is 0 Å². The van der Waals surface area contributed by atoms with Gasteiger partial charge >= 0.3 is 0 Å². The first kappa shape index (κ1) is 20.7. The Bertz CT molecular complexity index is 1930. The number of benzene rings is 4. The van der Waals surface area contributed by atoms with Crippen molar-refractivity contribution in [3.63, 3.8) is 0 Å². The lowest BCUT2D eigenvalue weighted by Gasteiger charge is -2.20. The van der Waals surface area contributed by atoms with Crippen LogP contribution in [-0.2, 0) is 12.8 Å². The molecule has 2 aromatic heterocycles. The smallest absolute Gasteiger partial charge is 0.111 e. The maximum Gasteiger partial charge on any atom is 0.111 e. The first-order chi connectivity index (χ1) is 18.3. The maximum atomic E-state index is 3.66. The summed E-state index contributed by atoms with van der Waals surface area (Å²) < 4.78 is 4.90. The van der Waals surface area contributed by atoms with Crippen LogP contribution in [0.25, 0.3) is 55.5 Å². The molecule has 3 nitrogen and oxygen atoms in total. The first-order valence-electron chi connectivity index (χ1n) is 13.1. The Morgan fingerprint density at radius 1 is 0.649 bits per heavy atom. The van der Waals surface area contributed by atoms with Gasteiger partial charge in [0.2, 0.25) is 0 Å². The van der Waals surface area contributed by atoms with E-state index in [2.05, 4.69) is 125 Å². The van der Waals surface area contributed by atoms with E-state index < -0.39 is 0 Å². The predicted molar refractivity (Wildman–Crippen MR) is 155 cm³/mol. The van der Waals surface area contributed by atoms with Crippen LogP contribution in [0.1, 0.15) is 18.1 Å². The molecule has 0 radical (unpaired) electrons. The van der Waals surface area contributed by atoms with Gasteiger partial charge in [-0.1, -0.05) is 72.3 Å². The number of para-hydroxylation sites is 2. The van der Waals surface area contributed by atoms with Crippen molar-refractivity contribution in [1.29, 1.82) is 0 Å². The highest BCUT2D eigenvalue weighted by molar-refractivity contribution is 6.15. The Hall–Kier alpha value is -4.50. The second-order valence-electron chi connectivity index (χ2n) is 10.3. The number of dihydropyridines is 1. The van der Waals surface area contributed by atoms with Crippen LogP contribution in [-0.4, -0.2) is 15.7 Å². The van der Waals surface area contributed by atoms with E-state index in [4.69, 9.17) is 0 Å². The summed E-state index contributed by atoms with van der Waals surface area (Å²) in [5, 5.41) is 7.63. The van der Waals surface area contributed by atoms with Crippen LogP contribution >= 0.6 is 0 Å².